The Morgan fingerprint density at radius 2 is 1.95 bits per heavy atom. The van der Waals surface area contributed by atoms with Crippen molar-refractivity contribution in [2.45, 2.75) is 19.4 Å². The monoisotopic (exact) mass is 287 g/mol. The van der Waals surface area contributed by atoms with E-state index in [-0.39, 0.29) is 11.7 Å². The van der Waals surface area contributed by atoms with Gasteiger partial charge in [0.2, 0.25) is 0 Å². The van der Waals surface area contributed by atoms with Crippen molar-refractivity contribution >= 4 is 5.91 Å². The Morgan fingerprint density at radius 1 is 1.24 bits per heavy atom. The van der Waals surface area contributed by atoms with E-state index in [0.29, 0.717) is 24.1 Å². The van der Waals surface area contributed by atoms with Gasteiger partial charge in [-0.25, -0.2) is 4.39 Å². The van der Waals surface area contributed by atoms with Crippen LogP contribution in [0.25, 0.3) is 0 Å². The van der Waals surface area contributed by atoms with Gasteiger partial charge in [-0.1, -0.05) is 29.8 Å². The van der Waals surface area contributed by atoms with Crippen LogP contribution in [0.3, 0.4) is 0 Å². The van der Waals surface area contributed by atoms with Crippen molar-refractivity contribution in [3.8, 4) is 0 Å². The molecule has 0 fully saturated rings. The van der Waals surface area contributed by atoms with Crippen LogP contribution >= 0.6 is 0 Å². The molecule has 21 heavy (non-hydrogen) atoms. The number of hydrogen-bond donors (Lipinski definition) is 2. The van der Waals surface area contributed by atoms with E-state index in [2.05, 4.69) is 5.32 Å². The van der Waals surface area contributed by atoms with Gasteiger partial charge >= 0.3 is 0 Å². The third kappa shape index (κ3) is 4.39. The molecule has 1 unspecified atom stereocenters. The van der Waals surface area contributed by atoms with Gasteiger partial charge in [0.05, 0.1) is 6.10 Å². The summed E-state index contributed by atoms with van der Waals surface area (Å²) in [6, 6.07) is 13.0. The van der Waals surface area contributed by atoms with Crippen molar-refractivity contribution in [2.75, 3.05) is 6.54 Å². The van der Waals surface area contributed by atoms with Crippen molar-refractivity contribution in [2.24, 2.45) is 0 Å². The van der Waals surface area contributed by atoms with Crippen molar-refractivity contribution in [1.29, 1.82) is 0 Å². The number of nitrogens with one attached hydrogen (secondary N) is 1. The lowest BCUT2D eigenvalue weighted by Crippen LogP contribution is -2.25. The predicted octanol–water partition coefficient (Wildman–Crippen LogP) is 2.99. The van der Waals surface area contributed by atoms with Crippen LogP contribution in [0.2, 0.25) is 0 Å². The molecule has 0 saturated heterocycles. The van der Waals surface area contributed by atoms with Crippen LogP contribution in [0, 0.1) is 12.7 Å². The zero-order valence-electron chi connectivity index (χ0n) is 11.8. The van der Waals surface area contributed by atoms with Crippen LogP contribution in [0.5, 0.6) is 0 Å². The summed E-state index contributed by atoms with van der Waals surface area (Å²) in [4.78, 5) is 11.9. The highest BCUT2D eigenvalue weighted by atomic mass is 19.1. The molecule has 1 atom stereocenters. The molecular weight excluding hydrogens is 269 g/mol. The van der Waals surface area contributed by atoms with Gasteiger partial charge in [-0.05, 0) is 43.2 Å². The number of halogens is 1. The molecule has 2 aromatic carbocycles. The number of carbonyl (C=O) groups is 1. The summed E-state index contributed by atoms with van der Waals surface area (Å²) in [5.41, 5.74) is 2.27. The summed E-state index contributed by atoms with van der Waals surface area (Å²) in [5.74, 6) is -0.497. The number of amides is 1. The molecule has 110 valence electrons. The standard InChI is InChI=1S/C17H18FNO2/c1-12-3-2-4-14(11-12)17(21)19-10-9-16(20)13-5-7-15(18)8-6-13/h2-8,11,16,20H,9-10H2,1H3,(H,19,21). The maximum atomic E-state index is 12.8. The average Bonchev–Trinajstić information content (AvgIpc) is 2.47. The fraction of sp³-hybridized carbons (Fsp3) is 0.235. The molecule has 0 aliphatic carbocycles. The molecule has 4 heteroatoms. The van der Waals surface area contributed by atoms with E-state index >= 15 is 0 Å². The van der Waals surface area contributed by atoms with Crippen LogP contribution < -0.4 is 5.32 Å². The number of rotatable bonds is 5. The molecule has 0 radical (unpaired) electrons. The van der Waals surface area contributed by atoms with Crippen LogP contribution in [-0.4, -0.2) is 17.6 Å². The highest BCUT2D eigenvalue weighted by Crippen LogP contribution is 2.16. The largest absolute Gasteiger partial charge is 0.388 e. The first kappa shape index (κ1) is 15.2. The van der Waals surface area contributed by atoms with E-state index in [4.69, 9.17) is 0 Å². The van der Waals surface area contributed by atoms with Gasteiger partial charge in [0.25, 0.3) is 5.91 Å². The lowest BCUT2D eigenvalue weighted by molar-refractivity contribution is 0.0942. The van der Waals surface area contributed by atoms with Gasteiger partial charge in [-0.15, -0.1) is 0 Å². The van der Waals surface area contributed by atoms with E-state index in [9.17, 15) is 14.3 Å². The highest BCUT2D eigenvalue weighted by Gasteiger charge is 2.09. The molecule has 2 aromatic rings. The van der Waals surface area contributed by atoms with Crippen molar-refractivity contribution < 1.29 is 14.3 Å². The lowest BCUT2D eigenvalue weighted by atomic mass is 10.1. The molecule has 1 amide bonds. The van der Waals surface area contributed by atoms with Gasteiger partial charge < -0.3 is 10.4 Å². The zero-order chi connectivity index (χ0) is 15.2. The number of aliphatic hydroxyl groups excluding tert-OH is 1. The minimum absolute atomic E-state index is 0.162. The van der Waals surface area contributed by atoms with Gasteiger partial charge in [0.15, 0.2) is 0 Å². The minimum Gasteiger partial charge on any atom is -0.388 e. The highest BCUT2D eigenvalue weighted by molar-refractivity contribution is 5.94. The second-order valence-electron chi connectivity index (χ2n) is 4.98. The molecule has 0 saturated carbocycles. The number of benzene rings is 2. The van der Waals surface area contributed by atoms with Crippen LogP contribution in [-0.2, 0) is 0 Å². The SMILES string of the molecule is Cc1cccc(C(=O)NCCC(O)c2ccc(F)cc2)c1. The van der Waals surface area contributed by atoms with E-state index in [0.717, 1.165) is 5.56 Å². The first-order valence-corrected chi connectivity index (χ1v) is 6.84. The maximum absolute atomic E-state index is 12.8. The summed E-state index contributed by atoms with van der Waals surface area (Å²) in [6.07, 6.45) is -0.341. The van der Waals surface area contributed by atoms with Crippen LogP contribution in [0.1, 0.15) is 34.0 Å². The average molecular weight is 287 g/mol. The number of hydrogen-bond acceptors (Lipinski definition) is 2. The van der Waals surface area contributed by atoms with E-state index in [1.165, 1.54) is 12.1 Å². The Bertz CT molecular complexity index is 610. The molecule has 0 aliphatic heterocycles. The van der Waals surface area contributed by atoms with Crippen LogP contribution in [0.15, 0.2) is 48.5 Å². The maximum Gasteiger partial charge on any atom is 0.251 e. The molecular formula is C17H18FNO2. The number of carbonyl (C=O) groups excluding carboxylic acids is 1. The fourth-order valence-electron chi connectivity index (χ4n) is 2.06. The second kappa shape index (κ2) is 6.99. The van der Waals surface area contributed by atoms with E-state index in [1.807, 2.05) is 25.1 Å². The topological polar surface area (TPSA) is 49.3 Å². The predicted molar refractivity (Wildman–Crippen MR) is 79.5 cm³/mol. The van der Waals surface area contributed by atoms with E-state index in [1.54, 1.807) is 18.2 Å². The minimum atomic E-state index is -0.719. The Kier molecular flexibility index (Phi) is 5.06. The number of aliphatic hydroxyl groups is 1. The molecule has 3 nitrogen and oxygen atoms in total. The molecule has 0 heterocycles. The van der Waals surface area contributed by atoms with Crippen LogP contribution in [0.4, 0.5) is 4.39 Å². The van der Waals surface area contributed by atoms with Gasteiger partial charge in [-0.2, -0.15) is 0 Å². The summed E-state index contributed by atoms with van der Waals surface area (Å²) < 4.78 is 12.8. The van der Waals surface area contributed by atoms with Crippen molar-refractivity contribution in [1.82, 2.24) is 5.32 Å². The Balaban J connectivity index is 1.83. The summed E-state index contributed by atoms with van der Waals surface area (Å²) in [5, 5.41) is 12.7. The smallest absolute Gasteiger partial charge is 0.251 e. The first-order valence-electron chi connectivity index (χ1n) is 6.84. The molecule has 0 aliphatic rings. The zero-order valence-corrected chi connectivity index (χ0v) is 11.8. The number of aryl methyl sites for hydroxylation is 1. The Labute approximate surface area is 123 Å². The lowest BCUT2D eigenvalue weighted by Gasteiger charge is -2.12. The summed E-state index contributed by atoms with van der Waals surface area (Å²) >= 11 is 0. The third-order valence-electron chi connectivity index (χ3n) is 3.24. The molecule has 0 aromatic heterocycles. The molecule has 2 N–H and O–H groups in total. The van der Waals surface area contributed by atoms with E-state index < -0.39 is 6.10 Å². The van der Waals surface area contributed by atoms with Gasteiger partial charge in [-0.3, -0.25) is 4.79 Å². The second-order valence-corrected chi connectivity index (χ2v) is 4.98. The summed E-state index contributed by atoms with van der Waals surface area (Å²) in [6.45, 7) is 2.28. The van der Waals surface area contributed by atoms with Gasteiger partial charge in [0, 0.05) is 12.1 Å². The van der Waals surface area contributed by atoms with Crippen molar-refractivity contribution in [3.05, 3.63) is 71.0 Å². The van der Waals surface area contributed by atoms with Crippen molar-refractivity contribution in [3.63, 3.8) is 0 Å². The molecule has 0 bridgehead atoms. The first-order chi connectivity index (χ1) is 10.1. The Hall–Kier alpha value is -2.20. The third-order valence-corrected chi connectivity index (χ3v) is 3.24. The molecule has 2 rings (SSSR count). The normalized spacial score (nSPS) is 12.0. The van der Waals surface area contributed by atoms with Gasteiger partial charge in [0.1, 0.15) is 5.82 Å². The fourth-order valence-corrected chi connectivity index (χ4v) is 2.06. The summed E-state index contributed by atoms with van der Waals surface area (Å²) in [7, 11) is 0. The molecule has 0 spiro atoms. The quantitative estimate of drug-likeness (QED) is 0.888. The Morgan fingerprint density at radius 3 is 2.62 bits per heavy atom.